The van der Waals surface area contributed by atoms with Crippen molar-refractivity contribution in [3.8, 4) is 11.5 Å². The molecule has 0 spiro atoms. The zero-order chi connectivity index (χ0) is 18.4. The van der Waals surface area contributed by atoms with Crippen LogP contribution in [-0.2, 0) is 4.79 Å². The molecule has 1 fully saturated rings. The number of ether oxygens (including phenoxy) is 2. The van der Waals surface area contributed by atoms with Crippen LogP contribution in [-0.4, -0.2) is 34.9 Å². The number of hydrogen-bond acceptors (Lipinski definition) is 5. The Kier molecular flexibility index (Phi) is 6.30. The van der Waals surface area contributed by atoms with Crippen LogP contribution < -0.4 is 9.47 Å². The third-order valence-corrected chi connectivity index (χ3v) is 5.11. The zero-order valence-corrected chi connectivity index (χ0v) is 16.0. The van der Waals surface area contributed by atoms with Crippen molar-refractivity contribution in [2.24, 2.45) is 0 Å². The number of hydrogen-bond donors (Lipinski definition) is 0. The normalized spacial score (nSPS) is 15.6. The Bertz CT molecular complexity index is 804. The molecule has 4 nitrogen and oxygen atoms in total. The van der Waals surface area contributed by atoms with E-state index < -0.39 is 0 Å². The molecule has 6 heteroatoms. The van der Waals surface area contributed by atoms with Gasteiger partial charge in [-0.3, -0.25) is 9.69 Å². The predicted octanol–water partition coefficient (Wildman–Crippen LogP) is 4.37. The average Bonchev–Trinajstić information content (AvgIpc) is 2.93. The van der Waals surface area contributed by atoms with Crippen LogP contribution in [0.15, 0.2) is 59.5 Å². The van der Waals surface area contributed by atoms with E-state index in [9.17, 15) is 4.79 Å². The number of benzene rings is 2. The van der Waals surface area contributed by atoms with E-state index in [-0.39, 0.29) is 5.91 Å². The predicted molar refractivity (Wildman–Crippen MR) is 109 cm³/mol. The molecular weight excluding hydrogens is 366 g/mol. The minimum absolute atomic E-state index is 0.0270. The summed E-state index contributed by atoms with van der Waals surface area (Å²) in [6.45, 7) is 3.45. The lowest BCUT2D eigenvalue weighted by Crippen LogP contribution is -2.27. The fraction of sp³-hybridized carbons (Fsp3) is 0.200. The summed E-state index contributed by atoms with van der Waals surface area (Å²) in [5, 5.41) is 0. The minimum atomic E-state index is -0.0270. The molecule has 0 bridgehead atoms. The highest BCUT2D eigenvalue weighted by Crippen LogP contribution is 2.32. The quantitative estimate of drug-likeness (QED) is 0.402. The van der Waals surface area contributed by atoms with Crippen molar-refractivity contribution in [2.45, 2.75) is 6.92 Å². The van der Waals surface area contributed by atoms with Gasteiger partial charge in [-0.25, -0.2) is 0 Å². The summed E-state index contributed by atoms with van der Waals surface area (Å²) in [6, 6.07) is 17.3. The highest BCUT2D eigenvalue weighted by atomic mass is 32.2. The zero-order valence-electron chi connectivity index (χ0n) is 14.4. The van der Waals surface area contributed by atoms with E-state index in [2.05, 4.69) is 0 Å². The molecule has 0 N–H and O–H groups in total. The van der Waals surface area contributed by atoms with Crippen LogP contribution in [0.5, 0.6) is 11.5 Å². The van der Waals surface area contributed by atoms with Gasteiger partial charge in [0.15, 0.2) is 0 Å². The Morgan fingerprint density at radius 2 is 1.62 bits per heavy atom. The van der Waals surface area contributed by atoms with E-state index in [4.69, 9.17) is 21.7 Å². The monoisotopic (exact) mass is 385 g/mol. The number of thioether (sulfide) groups is 1. The Hall–Kier alpha value is -2.31. The van der Waals surface area contributed by atoms with Crippen LogP contribution in [0.25, 0.3) is 6.08 Å². The first-order valence-electron chi connectivity index (χ1n) is 8.33. The van der Waals surface area contributed by atoms with Crippen LogP contribution in [0.4, 0.5) is 0 Å². The molecule has 26 heavy (non-hydrogen) atoms. The van der Waals surface area contributed by atoms with Crippen molar-refractivity contribution in [1.82, 2.24) is 4.90 Å². The van der Waals surface area contributed by atoms with Crippen molar-refractivity contribution in [3.63, 3.8) is 0 Å². The van der Waals surface area contributed by atoms with Gasteiger partial charge in [0.05, 0.1) is 4.91 Å². The molecule has 1 aliphatic rings. The second kappa shape index (κ2) is 8.87. The number of likely N-dealkylation sites (N-methyl/N-ethyl adjacent to an activating group) is 1. The van der Waals surface area contributed by atoms with E-state index in [1.807, 2.05) is 67.6 Å². The summed E-state index contributed by atoms with van der Waals surface area (Å²) in [6.07, 6.45) is 1.86. The van der Waals surface area contributed by atoms with Crippen LogP contribution in [0, 0.1) is 0 Å². The first-order valence-corrected chi connectivity index (χ1v) is 9.56. The van der Waals surface area contributed by atoms with Crippen molar-refractivity contribution in [3.05, 3.63) is 65.1 Å². The molecule has 1 saturated heterocycles. The standard InChI is InChI=1S/C20H19NO3S2/c1-2-21-19(22)18(26-20(21)25)14-15-8-10-17(11-9-15)24-13-12-23-16-6-4-3-5-7-16/h3-11,14H,2,12-13H2,1H3/b18-14-. The fourth-order valence-corrected chi connectivity index (χ4v) is 3.80. The van der Waals surface area contributed by atoms with E-state index in [0.717, 1.165) is 17.1 Å². The molecule has 1 heterocycles. The number of amides is 1. The SMILES string of the molecule is CCN1C(=O)/C(=C/c2ccc(OCCOc3ccccc3)cc2)SC1=S. The van der Waals surface area contributed by atoms with Crippen molar-refractivity contribution >= 4 is 40.3 Å². The highest BCUT2D eigenvalue weighted by Gasteiger charge is 2.30. The van der Waals surface area contributed by atoms with E-state index >= 15 is 0 Å². The third kappa shape index (κ3) is 4.65. The molecule has 0 aliphatic carbocycles. The van der Waals surface area contributed by atoms with E-state index in [0.29, 0.717) is 29.0 Å². The van der Waals surface area contributed by atoms with Gasteiger partial charge >= 0.3 is 0 Å². The Morgan fingerprint density at radius 3 is 2.19 bits per heavy atom. The Labute approximate surface area is 162 Å². The summed E-state index contributed by atoms with van der Waals surface area (Å²) in [4.78, 5) is 14.5. The van der Waals surface area contributed by atoms with Crippen molar-refractivity contribution in [1.29, 1.82) is 0 Å². The fourth-order valence-electron chi connectivity index (χ4n) is 2.42. The molecule has 2 aromatic rings. The molecule has 134 valence electrons. The van der Waals surface area contributed by atoms with Gasteiger partial charge < -0.3 is 9.47 Å². The number of nitrogens with zero attached hydrogens (tertiary/aromatic N) is 1. The van der Waals surface area contributed by atoms with Gasteiger partial charge in [-0.05, 0) is 42.8 Å². The molecular formula is C20H19NO3S2. The van der Waals surface area contributed by atoms with E-state index in [1.54, 1.807) is 4.90 Å². The molecule has 3 rings (SSSR count). The number of carbonyl (C=O) groups excluding carboxylic acids is 1. The molecule has 0 aromatic heterocycles. The molecule has 2 aromatic carbocycles. The lowest BCUT2D eigenvalue weighted by atomic mass is 10.2. The van der Waals surface area contributed by atoms with Gasteiger partial charge in [0.1, 0.15) is 29.0 Å². The molecule has 0 atom stereocenters. The maximum absolute atomic E-state index is 12.2. The largest absolute Gasteiger partial charge is 0.490 e. The van der Waals surface area contributed by atoms with E-state index in [1.165, 1.54) is 11.8 Å². The van der Waals surface area contributed by atoms with Gasteiger partial charge in [-0.2, -0.15) is 0 Å². The number of carbonyl (C=O) groups is 1. The van der Waals surface area contributed by atoms with Gasteiger partial charge in [-0.15, -0.1) is 0 Å². The smallest absolute Gasteiger partial charge is 0.266 e. The highest BCUT2D eigenvalue weighted by molar-refractivity contribution is 8.26. The number of para-hydroxylation sites is 1. The van der Waals surface area contributed by atoms with Gasteiger partial charge in [0, 0.05) is 6.54 Å². The first-order chi connectivity index (χ1) is 12.7. The second-order valence-electron chi connectivity index (χ2n) is 5.50. The van der Waals surface area contributed by atoms with Crippen LogP contribution in [0.1, 0.15) is 12.5 Å². The van der Waals surface area contributed by atoms with Gasteiger partial charge in [0.25, 0.3) is 5.91 Å². The first kappa shape index (κ1) is 18.5. The summed E-state index contributed by atoms with van der Waals surface area (Å²) < 4.78 is 11.9. The summed E-state index contributed by atoms with van der Waals surface area (Å²) >= 11 is 6.56. The Balaban J connectivity index is 1.51. The molecule has 1 amide bonds. The minimum Gasteiger partial charge on any atom is -0.490 e. The summed E-state index contributed by atoms with van der Waals surface area (Å²) in [5.74, 6) is 1.57. The lowest BCUT2D eigenvalue weighted by molar-refractivity contribution is -0.121. The molecule has 1 aliphatic heterocycles. The van der Waals surface area contributed by atoms with Crippen LogP contribution in [0.3, 0.4) is 0 Å². The maximum Gasteiger partial charge on any atom is 0.266 e. The number of thiocarbonyl (C=S) groups is 1. The molecule has 0 radical (unpaired) electrons. The van der Waals surface area contributed by atoms with Crippen LogP contribution in [0.2, 0.25) is 0 Å². The second-order valence-corrected chi connectivity index (χ2v) is 7.18. The van der Waals surface area contributed by atoms with Crippen molar-refractivity contribution < 1.29 is 14.3 Å². The molecule has 0 unspecified atom stereocenters. The topological polar surface area (TPSA) is 38.8 Å². The lowest BCUT2D eigenvalue weighted by Gasteiger charge is -2.09. The number of rotatable bonds is 7. The summed E-state index contributed by atoms with van der Waals surface area (Å²) in [5.41, 5.74) is 0.939. The molecule has 0 saturated carbocycles. The van der Waals surface area contributed by atoms with Gasteiger partial charge in [0.2, 0.25) is 0 Å². The van der Waals surface area contributed by atoms with Crippen molar-refractivity contribution in [2.75, 3.05) is 19.8 Å². The Morgan fingerprint density at radius 1 is 1.00 bits per heavy atom. The summed E-state index contributed by atoms with van der Waals surface area (Å²) in [7, 11) is 0. The average molecular weight is 386 g/mol. The van der Waals surface area contributed by atoms with Gasteiger partial charge in [-0.1, -0.05) is 54.3 Å². The third-order valence-electron chi connectivity index (χ3n) is 3.73. The van der Waals surface area contributed by atoms with Crippen LogP contribution >= 0.6 is 24.0 Å². The maximum atomic E-state index is 12.2.